The molecule has 2 bridgehead atoms. The lowest BCUT2D eigenvalue weighted by molar-refractivity contribution is -0.302. The van der Waals surface area contributed by atoms with Crippen LogP contribution in [-0.4, -0.2) is 126 Å². The van der Waals surface area contributed by atoms with E-state index in [1.807, 2.05) is 34.7 Å². The molecule has 4 heterocycles. The smallest absolute Gasteiger partial charge is 0.329 e. The standard InChI is InChI=1S/C47H74N4O10/c1-11-34-24-29(2)23-30(3)25-38(58-9)41-39(59-10)26-33(6)47(56,61-41)42(53)43(54)51-22-13-12-16-36(51)44(55)60-40(31(4)17-18-37(34)52)32(5)27-46(19-14-15-35(28-46)57-8)50(7)45-48-20-21-49-45/h20-21,24,27,30-31,33-36,38-41,56H,11-19,22-23,25-26,28H2,1-10H3,(H,48,49)/b29-24+,32-27?. The summed E-state index contributed by atoms with van der Waals surface area (Å²) >= 11 is 0. The van der Waals surface area contributed by atoms with Gasteiger partial charge >= 0.3 is 5.97 Å². The van der Waals surface area contributed by atoms with E-state index >= 15 is 0 Å². The van der Waals surface area contributed by atoms with Gasteiger partial charge in [0.05, 0.1) is 23.9 Å². The molecule has 12 unspecified atom stereocenters. The number of imidazole rings is 1. The number of allylic oxidation sites excluding steroid dienone is 2. The van der Waals surface area contributed by atoms with E-state index in [9.17, 15) is 24.3 Å². The van der Waals surface area contributed by atoms with Gasteiger partial charge in [-0.25, -0.2) is 9.78 Å². The Morgan fingerprint density at radius 1 is 1.03 bits per heavy atom. The van der Waals surface area contributed by atoms with Crippen molar-refractivity contribution in [3.05, 3.63) is 35.7 Å². The van der Waals surface area contributed by atoms with Gasteiger partial charge in [0.25, 0.3) is 11.7 Å². The van der Waals surface area contributed by atoms with E-state index in [4.69, 9.17) is 23.7 Å². The van der Waals surface area contributed by atoms with Crippen molar-refractivity contribution in [3.8, 4) is 0 Å². The molecule has 14 heteroatoms. The minimum atomic E-state index is -2.48. The molecule has 12 atom stereocenters. The van der Waals surface area contributed by atoms with E-state index < -0.39 is 65.4 Å². The summed E-state index contributed by atoms with van der Waals surface area (Å²) in [7, 11) is 6.85. The fourth-order valence-electron chi connectivity index (χ4n) is 10.5. The second-order valence-electron chi connectivity index (χ2n) is 18.6. The number of piperidine rings is 1. The number of carbonyl (C=O) groups is 4. The summed E-state index contributed by atoms with van der Waals surface area (Å²) in [5.41, 5.74) is 1.36. The maximum atomic E-state index is 14.6. The predicted octanol–water partition coefficient (Wildman–Crippen LogP) is 6.51. The molecule has 1 aliphatic carbocycles. The fourth-order valence-corrected chi connectivity index (χ4v) is 10.5. The van der Waals surface area contributed by atoms with E-state index in [1.54, 1.807) is 40.6 Å². The number of carbonyl (C=O) groups excluding carboxylic acids is 4. The molecule has 14 nitrogen and oxygen atoms in total. The first-order chi connectivity index (χ1) is 29.0. The summed E-state index contributed by atoms with van der Waals surface area (Å²) in [6, 6.07) is -1.06. The Labute approximate surface area is 363 Å². The van der Waals surface area contributed by atoms with Crippen molar-refractivity contribution < 1.29 is 48.0 Å². The molecular formula is C47H74N4O10. The van der Waals surface area contributed by atoms with Crippen molar-refractivity contribution in [2.75, 3.05) is 39.8 Å². The van der Waals surface area contributed by atoms with Crippen LogP contribution in [0, 0.1) is 23.7 Å². The third kappa shape index (κ3) is 11.0. The molecular weight excluding hydrogens is 781 g/mol. The van der Waals surface area contributed by atoms with Crippen LogP contribution in [0.1, 0.15) is 125 Å². The number of anilines is 1. The summed E-state index contributed by atoms with van der Waals surface area (Å²) in [4.78, 5) is 68.6. The first-order valence-electron chi connectivity index (χ1n) is 22.7. The number of aliphatic hydroxyl groups is 1. The molecule has 1 amide bonds. The molecule has 342 valence electrons. The van der Waals surface area contributed by atoms with Gasteiger partial charge in [0.2, 0.25) is 11.7 Å². The number of aromatic amines is 1. The minimum absolute atomic E-state index is 0.00226. The van der Waals surface area contributed by atoms with Crippen LogP contribution in [0.3, 0.4) is 0 Å². The average Bonchev–Trinajstić information content (AvgIpc) is 3.80. The summed E-state index contributed by atoms with van der Waals surface area (Å²) in [5.74, 6) is -5.65. The SMILES string of the molecule is CCC1/C=C(\C)CC(C)CC(OC)C2OC(O)(C(=O)C(=O)N3CCCCC3C(=O)OC(C(C)=CC3(N(C)c4ncc[nH]4)CCCC(OC)C3)C(C)CCC1=O)C(C)CC2OC. The van der Waals surface area contributed by atoms with Crippen molar-refractivity contribution in [2.45, 2.75) is 173 Å². The molecule has 4 aliphatic rings. The van der Waals surface area contributed by atoms with E-state index in [-0.39, 0.29) is 49.0 Å². The van der Waals surface area contributed by atoms with Crippen molar-refractivity contribution in [1.29, 1.82) is 0 Å². The number of aromatic nitrogens is 2. The number of nitrogens with zero attached hydrogens (tertiary/aromatic N) is 3. The molecule has 3 fully saturated rings. The van der Waals surface area contributed by atoms with Crippen molar-refractivity contribution in [3.63, 3.8) is 0 Å². The number of hydrogen-bond acceptors (Lipinski definition) is 12. The summed E-state index contributed by atoms with van der Waals surface area (Å²) < 4.78 is 30.6. The predicted molar refractivity (Wildman–Crippen MR) is 232 cm³/mol. The van der Waals surface area contributed by atoms with Crippen molar-refractivity contribution in [2.24, 2.45) is 23.7 Å². The lowest BCUT2D eigenvalue weighted by Crippen LogP contribution is -2.64. The molecule has 0 aromatic carbocycles. The molecule has 1 saturated carbocycles. The number of ether oxygens (including phenoxy) is 5. The maximum absolute atomic E-state index is 14.6. The van der Waals surface area contributed by atoms with E-state index in [0.717, 1.165) is 30.4 Å². The molecule has 2 N–H and O–H groups in total. The van der Waals surface area contributed by atoms with Crippen LogP contribution in [0.15, 0.2) is 35.7 Å². The maximum Gasteiger partial charge on any atom is 0.329 e. The van der Waals surface area contributed by atoms with Gasteiger partial charge in [-0.3, -0.25) is 14.4 Å². The average molecular weight is 855 g/mol. The number of Topliss-reactive ketones (excluding diaryl/α,β-unsaturated/α-hetero) is 2. The van der Waals surface area contributed by atoms with Crippen LogP contribution >= 0.6 is 0 Å². The Morgan fingerprint density at radius 3 is 2.41 bits per heavy atom. The van der Waals surface area contributed by atoms with Gasteiger partial charge in [-0.1, -0.05) is 45.4 Å². The van der Waals surface area contributed by atoms with E-state index in [1.165, 1.54) is 4.90 Å². The van der Waals surface area contributed by atoms with Gasteiger partial charge in [-0.15, -0.1) is 0 Å². The summed E-state index contributed by atoms with van der Waals surface area (Å²) in [6.45, 7) is 11.9. The van der Waals surface area contributed by atoms with E-state index in [2.05, 4.69) is 33.9 Å². The number of ketones is 2. The number of likely N-dealkylation sites (N-methyl/N-ethyl adjacent to an activating group) is 1. The number of H-pyrrole nitrogens is 1. The Kier molecular flexibility index (Phi) is 17.0. The van der Waals surface area contributed by atoms with Gasteiger partial charge in [-0.05, 0) is 102 Å². The monoisotopic (exact) mass is 855 g/mol. The molecule has 1 aromatic heterocycles. The molecule has 0 spiro atoms. The first kappa shape index (κ1) is 48.6. The number of amides is 1. The number of fused-ring (bicyclic) bond motifs is 3. The zero-order valence-corrected chi connectivity index (χ0v) is 38.4. The summed E-state index contributed by atoms with van der Waals surface area (Å²) in [5, 5.41) is 12.1. The number of methoxy groups -OCH3 is 3. The third-order valence-corrected chi connectivity index (χ3v) is 14.2. The molecule has 2 saturated heterocycles. The van der Waals surface area contributed by atoms with Gasteiger partial charge in [-0.2, -0.15) is 0 Å². The van der Waals surface area contributed by atoms with Gasteiger partial charge < -0.3 is 43.6 Å². The molecule has 0 radical (unpaired) electrons. The number of cyclic esters (lactones) is 1. The summed E-state index contributed by atoms with van der Waals surface area (Å²) in [6.07, 6.45) is 12.8. The first-order valence-corrected chi connectivity index (χ1v) is 22.7. The number of nitrogens with one attached hydrogen (secondary N) is 1. The Morgan fingerprint density at radius 2 is 1.75 bits per heavy atom. The molecule has 61 heavy (non-hydrogen) atoms. The number of rotatable bonds is 8. The normalized spacial score (nSPS) is 37.9. The van der Waals surface area contributed by atoms with Crippen LogP contribution < -0.4 is 4.90 Å². The molecule has 1 aromatic rings. The van der Waals surface area contributed by atoms with Crippen LogP contribution in [0.2, 0.25) is 0 Å². The zero-order valence-electron chi connectivity index (χ0n) is 38.4. The topological polar surface area (TPSA) is 170 Å². The quantitative estimate of drug-likeness (QED) is 0.165. The highest BCUT2D eigenvalue weighted by Crippen LogP contribution is 2.41. The van der Waals surface area contributed by atoms with Gasteiger partial charge in [0, 0.05) is 72.0 Å². The Balaban J connectivity index is 1.57. The fraction of sp³-hybridized carbons (Fsp3) is 0.766. The lowest BCUT2D eigenvalue weighted by Gasteiger charge is -2.47. The highest BCUT2D eigenvalue weighted by Gasteiger charge is 2.56. The molecule has 3 aliphatic heterocycles. The molecule has 5 rings (SSSR count). The highest BCUT2D eigenvalue weighted by molar-refractivity contribution is 6.39. The van der Waals surface area contributed by atoms with E-state index in [0.29, 0.717) is 57.3 Å². The highest BCUT2D eigenvalue weighted by atomic mass is 16.7. The van der Waals surface area contributed by atoms with Crippen molar-refractivity contribution in [1.82, 2.24) is 14.9 Å². The Bertz CT molecular complexity index is 1720. The van der Waals surface area contributed by atoms with Crippen LogP contribution in [0.4, 0.5) is 5.95 Å². The number of hydrogen-bond donors (Lipinski definition) is 2. The van der Waals surface area contributed by atoms with Crippen LogP contribution in [-0.2, 0) is 42.9 Å². The van der Waals surface area contributed by atoms with Gasteiger partial charge in [0.1, 0.15) is 24.0 Å². The van der Waals surface area contributed by atoms with Crippen LogP contribution in [0.25, 0.3) is 0 Å². The lowest BCUT2D eigenvalue weighted by atomic mass is 9.76. The Hall–Kier alpha value is -3.43. The largest absolute Gasteiger partial charge is 0.456 e. The minimum Gasteiger partial charge on any atom is -0.456 e. The van der Waals surface area contributed by atoms with Crippen LogP contribution in [0.5, 0.6) is 0 Å². The second-order valence-corrected chi connectivity index (χ2v) is 18.6. The third-order valence-electron chi connectivity index (χ3n) is 14.2. The van der Waals surface area contributed by atoms with Crippen molar-refractivity contribution >= 4 is 29.4 Å². The number of esters is 1. The second kappa shape index (κ2) is 21.3. The van der Waals surface area contributed by atoms with Gasteiger partial charge in [0.15, 0.2) is 0 Å². The zero-order chi connectivity index (χ0) is 44.6.